The number of carbonyl (C=O) groups is 1. The minimum absolute atomic E-state index is 0.216. The Morgan fingerprint density at radius 2 is 1.97 bits per heavy atom. The average Bonchev–Trinajstić information content (AvgIpc) is 3.04. The minimum Gasteiger partial charge on any atom is -0.481 e. The van der Waals surface area contributed by atoms with Gasteiger partial charge in [0, 0.05) is 12.6 Å². The van der Waals surface area contributed by atoms with Crippen molar-refractivity contribution in [2.75, 3.05) is 6.54 Å². The maximum absolute atomic E-state index is 12.4. The van der Waals surface area contributed by atoms with Crippen molar-refractivity contribution in [3.05, 3.63) is 62.5 Å². The van der Waals surface area contributed by atoms with Crippen molar-refractivity contribution >= 4 is 17.2 Å². The van der Waals surface area contributed by atoms with Gasteiger partial charge in [-0.1, -0.05) is 12.1 Å². The Kier molecular flexibility index (Phi) is 6.66. The second-order valence-corrected chi connectivity index (χ2v) is 8.45. The van der Waals surface area contributed by atoms with E-state index in [9.17, 15) is 9.59 Å². The Morgan fingerprint density at radius 1 is 1.20 bits per heavy atom. The smallest absolute Gasteiger partial charge is 0.266 e. The summed E-state index contributed by atoms with van der Waals surface area (Å²) in [5.74, 6) is 0.451. The zero-order valence-corrected chi connectivity index (χ0v) is 18.7. The van der Waals surface area contributed by atoms with Crippen molar-refractivity contribution in [1.82, 2.24) is 20.1 Å². The summed E-state index contributed by atoms with van der Waals surface area (Å²) in [6.07, 6.45) is -0.649. The summed E-state index contributed by atoms with van der Waals surface area (Å²) < 4.78 is 7.17. The van der Waals surface area contributed by atoms with Crippen molar-refractivity contribution in [2.24, 2.45) is 0 Å². The maximum atomic E-state index is 12.4. The molecule has 0 radical (unpaired) electrons. The number of hydrogen-bond acceptors (Lipinski definition) is 6. The highest BCUT2D eigenvalue weighted by Gasteiger charge is 2.16. The molecule has 1 unspecified atom stereocenters. The van der Waals surface area contributed by atoms with Crippen molar-refractivity contribution in [1.29, 1.82) is 0 Å². The van der Waals surface area contributed by atoms with Crippen molar-refractivity contribution in [3.8, 4) is 16.3 Å². The molecule has 0 bridgehead atoms. The highest BCUT2D eigenvalue weighted by Crippen LogP contribution is 2.27. The summed E-state index contributed by atoms with van der Waals surface area (Å²) in [6.45, 7) is 10.0. The molecule has 1 N–H and O–H groups in total. The van der Waals surface area contributed by atoms with Crippen LogP contribution in [0, 0.1) is 27.7 Å². The lowest BCUT2D eigenvalue weighted by molar-refractivity contribution is -0.127. The van der Waals surface area contributed by atoms with Crippen LogP contribution >= 0.6 is 11.3 Å². The van der Waals surface area contributed by atoms with E-state index in [1.165, 1.54) is 10.7 Å². The van der Waals surface area contributed by atoms with E-state index < -0.39 is 6.10 Å². The van der Waals surface area contributed by atoms with Gasteiger partial charge >= 0.3 is 0 Å². The standard InChI is InChI=1S/C22H26N4O3S/c1-13-6-7-14(2)19(12-13)29-16(4)22(28)23-10-11-26-20(27)9-8-18(25-26)21-15(3)24-17(5)30-21/h6-9,12,16H,10-11H2,1-5H3,(H,23,28). The number of ether oxygens (including phenoxy) is 1. The summed E-state index contributed by atoms with van der Waals surface area (Å²) in [5.41, 5.74) is 3.42. The number of nitrogens with zero attached hydrogens (tertiary/aromatic N) is 3. The molecule has 158 valence electrons. The Labute approximate surface area is 179 Å². The Morgan fingerprint density at radius 3 is 2.67 bits per heavy atom. The Balaban J connectivity index is 1.61. The summed E-state index contributed by atoms with van der Waals surface area (Å²) in [5, 5.41) is 8.20. The second-order valence-electron chi connectivity index (χ2n) is 7.25. The van der Waals surface area contributed by atoms with Crippen molar-refractivity contribution < 1.29 is 9.53 Å². The fraction of sp³-hybridized carbons (Fsp3) is 0.364. The quantitative estimate of drug-likeness (QED) is 0.627. The number of benzene rings is 1. The van der Waals surface area contributed by atoms with Crippen LogP contribution in [0.2, 0.25) is 0 Å². The molecule has 0 spiro atoms. The molecule has 3 rings (SSSR count). The zero-order chi connectivity index (χ0) is 21.8. The number of nitrogens with one attached hydrogen (secondary N) is 1. The predicted molar refractivity (Wildman–Crippen MR) is 118 cm³/mol. The van der Waals surface area contributed by atoms with Gasteiger partial charge in [0.1, 0.15) is 11.4 Å². The number of amides is 1. The fourth-order valence-electron chi connectivity index (χ4n) is 3.01. The van der Waals surface area contributed by atoms with Gasteiger partial charge in [-0.2, -0.15) is 5.10 Å². The van der Waals surface area contributed by atoms with E-state index in [4.69, 9.17) is 4.74 Å². The van der Waals surface area contributed by atoms with Gasteiger partial charge in [0.2, 0.25) is 0 Å². The fourth-order valence-corrected chi connectivity index (χ4v) is 3.89. The van der Waals surface area contributed by atoms with Gasteiger partial charge in [-0.3, -0.25) is 9.59 Å². The molecule has 0 fully saturated rings. The van der Waals surface area contributed by atoms with Crippen LogP contribution in [0.4, 0.5) is 0 Å². The van der Waals surface area contributed by atoms with Crippen LogP contribution in [-0.4, -0.2) is 33.3 Å². The lowest BCUT2D eigenvalue weighted by Crippen LogP contribution is -2.39. The van der Waals surface area contributed by atoms with Crippen LogP contribution in [0.3, 0.4) is 0 Å². The molecular weight excluding hydrogens is 400 g/mol. The van der Waals surface area contributed by atoms with Crippen LogP contribution in [0.25, 0.3) is 10.6 Å². The summed E-state index contributed by atoms with van der Waals surface area (Å²) in [4.78, 5) is 29.9. The van der Waals surface area contributed by atoms with E-state index in [0.29, 0.717) is 11.4 Å². The Bertz CT molecular complexity index is 1120. The average molecular weight is 427 g/mol. The number of aromatic nitrogens is 3. The van der Waals surface area contributed by atoms with Crippen molar-refractivity contribution in [3.63, 3.8) is 0 Å². The normalized spacial score (nSPS) is 11.9. The van der Waals surface area contributed by atoms with Crippen LogP contribution < -0.4 is 15.6 Å². The number of hydrogen-bond donors (Lipinski definition) is 1. The monoisotopic (exact) mass is 426 g/mol. The van der Waals surface area contributed by atoms with Gasteiger partial charge in [0.25, 0.3) is 11.5 Å². The maximum Gasteiger partial charge on any atom is 0.266 e. The molecule has 0 aliphatic rings. The first-order valence-electron chi connectivity index (χ1n) is 9.79. The highest BCUT2D eigenvalue weighted by molar-refractivity contribution is 7.15. The summed E-state index contributed by atoms with van der Waals surface area (Å²) in [6, 6.07) is 9.08. The summed E-state index contributed by atoms with van der Waals surface area (Å²) >= 11 is 1.54. The molecule has 1 amide bonds. The van der Waals surface area contributed by atoms with E-state index in [-0.39, 0.29) is 24.6 Å². The van der Waals surface area contributed by atoms with Crippen LogP contribution in [0.5, 0.6) is 5.75 Å². The lowest BCUT2D eigenvalue weighted by Gasteiger charge is -2.17. The topological polar surface area (TPSA) is 86.1 Å². The molecule has 3 aromatic rings. The molecule has 0 saturated carbocycles. The molecule has 8 heteroatoms. The van der Waals surface area contributed by atoms with Gasteiger partial charge in [-0.25, -0.2) is 9.67 Å². The first-order valence-corrected chi connectivity index (χ1v) is 10.6. The predicted octanol–water partition coefficient (Wildman–Crippen LogP) is 3.18. The first-order chi connectivity index (χ1) is 14.2. The van der Waals surface area contributed by atoms with E-state index in [1.54, 1.807) is 24.3 Å². The van der Waals surface area contributed by atoms with Gasteiger partial charge in [0.15, 0.2) is 6.10 Å². The van der Waals surface area contributed by atoms with Crippen LogP contribution in [-0.2, 0) is 11.3 Å². The summed E-state index contributed by atoms with van der Waals surface area (Å²) in [7, 11) is 0. The Hall–Kier alpha value is -3.00. The zero-order valence-electron chi connectivity index (χ0n) is 17.9. The first kappa shape index (κ1) is 21.7. The van der Waals surface area contributed by atoms with E-state index >= 15 is 0 Å². The molecule has 7 nitrogen and oxygen atoms in total. The molecule has 0 aliphatic carbocycles. The van der Waals surface area contributed by atoms with Gasteiger partial charge in [-0.15, -0.1) is 11.3 Å². The molecule has 2 aromatic heterocycles. The molecule has 30 heavy (non-hydrogen) atoms. The second kappa shape index (κ2) is 9.21. The third kappa shape index (κ3) is 5.13. The number of carbonyl (C=O) groups excluding carboxylic acids is 1. The van der Waals surface area contributed by atoms with Crippen LogP contribution in [0.15, 0.2) is 35.1 Å². The molecule has 1 atom stereocenters. The molecule has 0 saturated heterocycles. The van der Waals surface area contributed by atoms with E-state index in [1.807, 2.05) is 45.9 Å². The van der Waals surface area contributed by atoms with E-state index in [2.05, 4.69) is 15.4 Å². The van der Waals surface area contributed by atoms with E-state index in [0.717, 1.165) is 26.7 Å². The number of thiazole rings is 1. The van der Waals surface area contributed by atoms with Crippen molar-refractivity contribution in [2.45, 2.75) is 47.3 Å². The van der Waals surface area contributed by atoms with Gasteiger partial charge in [0.05, 0.1) is 22.1 Å². The number of rotatable bonds is 7. The van der Waals surface area contributed by atoms with Gasteiger partial charge in [-0.05, 0) is 57.9 Å². The molecule has 2 heterocycles. The number of aryl methyl sites for hydroxylation is 4. The molecular formula is C22H26N4O3S. The lowest BCUT2D eigenvalue weighted by atomic mass is 10.1. The largest absolute Gasteiger partial charge is 0.481 e. The molecule has 0 aliphatic heterocycles. The minimum atomic E-state index is -0.649. The highest BCUT2D eigenvalue weighted by atomic mass is 32.1. The van der Waals surface area contributed by atoms with Crippen LogP contribution in [0.1, 0.15) is 28.8 Å². The van der Waals surface area contributed by atoms with Gasteiger partial charge < -0.3 is 10.1 Å². The third-order valence-corrected chi connectivity index (χ3v) is 5.74. The third-order valence-electron chi connectivity index (χ3n) is 4.64. The SMILES string of the molecule is Cc1ccc(C)c(OC(C)C(=O)NCCn2nc(-c3sc(C)nc3C)ccc2=O)c1. The molecule has 1 aromatic carbocycles.